The predicted molar refractivity (Wildman–Crippen MR) is 88.6 cm³/mol. The average molecular weight is 290 g/mol. The number of ether oxygens (including phenoxy) is 1. The van der Waals surface area contributed by atoms with Gasteiger partial charge in [-0.2, -0.15) is 0 Å². The molecule has 0 radical (unpaired) electrons. The second kappa shape index (κ2) is 16.6. The van der Waals surface area contributed by atoms with Crippen molar-refractivity contribution in [2.75, 3.05) is 7.11 Å². The van der Waals surface area contributed by atoms with Crippen LogP contribution in [0, 0.1) is 23.7 Å². The molecular weight excluding hydrogens is 260 g/mol. The molecule has 0 aromatic carbocycles. The second-order valence-corrected chi connectivity index (χ2v) is 5.15. The highest BCUT2D eigenvalue weighted by molar-refractivity contribution is 5.69. The van der Waals surface area contributed by atoms with Crippen LogP contribution in [0.3, 0.4) is 0 Å². The van der Waals surface area contributed by atoms with Crippen LogP contribution < -0.4 is 0 Å². The first-order valence-corrected chi connectivity index (χ1v) is 8.29. The summed E-state index contributed by atoms with van der Waals surface area (Å²) in [5, 5.41) is 0. The fourth-order valence-corrected chi connectivity index (χ4v) is 1.88. The van der Waals surface area contributed by atoms with Crippen LogP contribution in [-0.4, -0.2) is 13.1 Å². The van der Waals surface area contributed by atoms with Crippen LogP contribution in [0.25, 0.3) is 0 Å². The van der Waals surface area contributed by atoms with E-state index < -0.39 is 0 Å². The van der Waals surface area contributed by atoms with Crippen molar-refractivity contribution in [3.63, 3.8) is 0 Å². The Kier molecular flexibility index (Phi) is 15.5. The molecule has 0 amide bonds. The van der Waals surface area contributed by atoms with E-state index in [1.165, 1.54) is 45.6 Å². The van der Waals surface area contributed by atoms with Crippen LogP contribution in [0.5, 0.6) is 0 Å². The lowest BCUT2D eigenvalue weighted by Gasteiger charge is -1.96. The van der Waals surface area contributed by atoms with Crippen LogP contribution >= 0.6 is 0 Å². The molecule has 0 aliphatic heterocycles. The van der Waals surface area contributed by atoms with Gasteiger partial charge in [-0.15, -0.1) is 23.7 Å². The molecule has 0 aromatic rings. The Hall–Kier alpha value is -1.41. The highest BCUT2D eigenvalue weighted by Gasteiger charge is 1.95. The standard InChI is InChI=1S/C19H30O2/c1-3-4-5-6-7-8-9-10-11-12-13-14-15-16-17-18-19(20)21-2/h3-9,12-14,17-18H2,1-2H3. The average Bonchev–Trinajstić information content (AvgIpc) is 2.50. The fourth-order valence-electron chi connectivity index (χ4n) is 1.88. The third-order valence-electron chi connectivity index (χ3n) is 3.19. The molecule has 0 aliphatic rings. The minimum atomic E-state index is -0.190. The molecule has 0 spiro atoms. The summed E-state index contributed by atoms with van der Waals surface area (Å²) in [7, 11) is 1.40. The number of hydrogen-bond donors (Lipinski definition) is 0. The lowest BCUT2D eigenvalue weighted by molar-refractivity contribution is -0.140. The molecule has 0 fully saturated rings. The maximum absolute atomic E-state index is 10.8. The lowest BCUT2D eigenvalue weighted by Crippen LogP contribution is -1.98. The molecule has 2 nitrogen and oxygen atoms in total. The number of esters is 1. The Morgan fingerprint density at radius 2 is 1.29 bits per heavy atom. The van der Waals surface area contributed by atoms with Crippen molar-refractivity contribution in [2.45, 2.75) is 84.0 Å². The quantitative estimate of drug-likeness (QED) is 0.326. The molecule has 0 atom stereocenters. The summed E-state index contributed by atoms with van der Waals surface area (Å²) in [6.07, 6.45) is 12.8. The van der Waals surface area contributed by atoms with Crippen molar-refractivity contribution in [2.24, 2.45) is 0 Å². The van der Waals surface area contributed by atoms with Crippen molar-refractivity contribution in [3.05, 3.63) is 0 Å². The maximum Gasteiger partial charge on any atom is 0.306 e. The number of methoxy groups -OCH3 is 1. The molecule has 0 aromatic heterocycles. The monoisotopic (exact) mass is 290 g/mol. The van der Waals surface area contributed by atoms with E-state index in [-0.39, 0.29) is 5.97 Å². The van der Waals surface area contributed by atoms with Gasteiger partial charge >= 0.3 is 5.97 Å². The minimum absolute atomic E-state index is 0.190. The Labute approximate surface area is 131 Å². The van der Waals surface area contributed by atoms with Gasteiger partial charge < -0.3 is 4.74 Å². The summed E-state index contributed by atoms with van der Waals surface area (Å²) in [6, 6.07) is 0. The molecule has 0 saturated carbocycles. The van der Waals surface area contributed by atoms with Crippen molar-refractivity contribution in [1.82, 2.24) is 0 Å². The Balaban J connectivity index is 3.30. The molecule has 0 rings (SSSR count). The third-order valence-corrected chi connectivity index (χ3v) is 3.19. The van der Waals surface area contributed by atoms with Gasteiger partial charge in [0.25, 0.3) is 0 Å². The Bertz CT molecular complexity index is 362. The SMILES string of the molecule is CCCCCCCCC#CCCCC#CCCC(=O)OC. The molecular formula is C19H30O2. The fraction of sp³-hybridized carbons (Fsp3) is 0.737. The van der Waals surface area contributed by atoms with Gasteiger partial charge in [0.1, 0.15) is 0 Å². The summed E-state index contributed by atoms with van der Waals surface area (Å²) < 4.78 is 4.54. The molecule has 0 saturated heterocycles. The molecule has 21 heavy (non-hydrogen) atoms. The molecule has 0 bridgehead atoms. The van der Waals surface area contributed by atoms with E-state index in [0.717, 1.165) is 25.7 Å². The van der Waals surface area contributed by atoms with E-state index in [9.17, 15) is 4.79 Å². The molecule has 2 heteroatoms. The van der Waals surface area contributed by atoms with E-state index >= 15 is 0 Å². The maximum atomic E-state index is 10.8. The summed E-state index contributed by atoms with van der Waals surface area (Å²) in [4.78, 5) is 10.8. The first kappa shape index (κ1) is 19.6. The summed E-state index contributed by atoms with van der Waals surface area (Å²) in [5.41, 5.74) is 0. The van der Waals surface area contributed by atoms with E-state index in [1.807, 2.05) is 0 Å². The van der Waals surface area contributed by atoms with Gasteiger partial charge in [0, 0.05) is 25.7 Å². The normalized spacial score (nSPS) is 9.24. The highest BCUT2D eigenvalue weighted by Crippen LogP contribution is 2.06. The highest BCUT2D eigenvalue weighted by atomic mass is 16.5. The van der Waals surface area contributed by atoms with Gasteiger partial charge in [0.05, 0.1) is 13.5 Å². The van der Waals surface area contributed by atoms with Crippen LogP contribution in [0.4, 0.5) is 0 Å². The van der Waals surface area contributed by atoms with Crippen LogP contribution in [0.1, 0.15) is 84.0 Å². The zero-order chi connectivity index (χ0) is 15.6. The third kappa shape index (κ3) is 16.5. The Morgan fingerprint density at radius 3 is 1.90 bits per heavy atom. The van der Waals surface area contributed by atoms with Gasteiger partial charge in [0.15, 0.2) is 0 Å². The van der Waals surface area contributed by atoms with E-state index in [0.29, 0.717) is 12.8 Å². The van der Waals surface area contributed by atoms with Gasteiger partial charge in [-0.25, -0.2) is 0 Å². The van der Waals surface area contributed by atoms with Gasteiger partial charge in [-0.05, 0) is 12.8 Å². The van der Waals surface area contributed by atoms with Crippen molar-refractivity contribution in [3.8, 4) is 23.7 Å². The lowest BCUT2D eigenvalue weighted by atomic mass is 10.1. The summed E-state index contributed by atoms with van der Waals surface area (Å²) in [6.45, 7) is 2.25. The van der Waals surface area contributed by atoms with E-state index in [4.69, 9.17) is 0 Å². The first-order chi connectivity index (χ1) is 10.3. The second-order valence-electron chi connectivity index (χ2n) is 5.15. The molecule has 118 valence electrons. The number of rotatable bonds is 10. The number of carbonyl (C=O) groups is 1. The van der Waals surface area contributed by atoms with Gasteiger partial charge in [-0.1, -0.05) is 39.0 Å². The summed E-state index contributed by atoms with van der Waals surface area (Å²) in [5.74, 6) is 12.3. The van der Waals surface area contributed by atoms with Gasteiger partial charge in [-0.3, -0.25) is 4.79 Å². The molecule has 0 N–H and O–H groups in total. The van der Waals surface area contributed by atoms with Gasteiger partial charge in [0.2, 0.25) is 0 Å². The van der Waals surface area contributed by atoms with Crippen molar-refractivity contribution < 1.29 is 9.53 Å². The number of carbonyl (C=O) groups excluding carboxylic acids is 1. The minimum Gasteiger partial charge on any atom is -0.469 e. The van der Waals surface area contributed by atoms with Crippen LogP contribution in [-0.2, 0) is 9.53 Å². The number of hydrogen-bond acceptors (Lipinski definition) is 2. The Morgan fingerprint density at radius 1 is 0.762 bits per heavy atom. The predicted octanol–water partition coefficient (Wildman–Crippen LogP) is 4.87. The summed E-state index contributed by atoms with van der Waals surface area (Å²) >= 11 is 0. The van der Waals surface area contributed by atoms with Crippen molar-refractivity contribution in [1.29, 1.82) is 0 Å². The largest absolute Gasteiger partial charge is 0.469 e. The number of unbranched alkanes of at least 4 members (excludes halogenated alkanes) is 8. The smallest absolute Gasteiger partial charge is 0.306 e. The zero-order valence-electron chi connectivity index (χ0n) is 13.8. The van der Waals surface area contributed by atoms with E-state index in [1.54, 1.807) is 0 Å². The van der Waals surface area contributed by atoms with Crippen LogP contribution in [0.15, 0.2) is 0 Å². The topological polar surface area (TPSA) is 26.3 Å². The first-order valence-electron chi connectivity index (χ1n) is 8.29. The zero-order valence-corrected chi connectivity index (χ0v) is 13.8. The van der Waals surface area contributed by atoms with Crippen molar-refractivity contribution >= 4 is 5.97 Å². The van der Waals surface area contributed by atoms with E-state index in [2.05, 4.69) is 35.3 Å². The molecule has 0 unspecified atom stereocenters. The molecule has 0 aliphatic carbocycles. The van der Waals surface area contributed by atoms with Crippen LogP contribution in [0.2, 0.25) is 0 Å². The molecule has 0 heterocycles.